The Morgan fingerprint density at radius 2 is 1.44 bits per heavy atom. The normalized spacial score (nSPS) is 12.5. The van der Waals surface area contributed by atoms with Gasteiger partial charge in [0.15, 0.2) is 0 Å². The lowest BCUT2D eigenvalue weighted by Crippen LogP contribution is -2.47. The van der Waals surface area contributed by atoms with Gasteiger partial charge in [0.1, 0.15) is 18.6 Å². The molecular formula is C31H33F3N4O9S. The first-order valence-electron chi connectivity index (χ1n) is 13.9. The lowest BCUT2D eigenvalue weighted by Gasteiger charge is -2.19. The molecule has 0 spiro atoms. The van der Waals surface area contributed by atoms with Crippen LogP contribution in [0.4, 0.5) is 23.7 Å². The van der Waals surface area contributed by atoms with Crippen molar-refractivity contribution in [3.8, 4) is 0 Å². The van der Waals surface area contributed by atoms with Crippen molar-refractivity contribution >= 4 is 33.7 Å². The smallest absolute Gasteiger partial charge is 0.412 e. The van der Waals surface area contributed by atoms with Crippen molar-refractivity contribution in [3.05, 3.63) is 118 Å². The SMILES string of the molecule is COC(=O)NCC(=O)N[C@H](/C=C/CC(NS(=O)(=O)c1ccc([N+](=O)[O-])cc1)C(=O)OC)C(F)(F)F.c1ccc(Cc2ccccc2)cc1. The van der Waals surface area contributed by atoms with Gasteiger partial charge in [0.2, 0.25) is 15.9 Å². The van der Waals surface area contributed by atoms with Gasteiger partial charge in [-0.1, -0.05) is 72.8 Å². The number of rotatable bonds is 13. The number of nitrogens with one attached hydrogen (secondary N) is 3. The molecular weight excluding hydrogens is 661 g/mol. The fourth-order valence-electron chi connectivity index (χ4n) is 3.80. The Balaban J connectivity index is 0.000000505. The van der Waals surface area contributed by atoms with Crippen LogP contribution in [0.15, 0.2) is 102 Å². The number of alkyl halides is 3. The lowest BCUT2D eigenvalue weighted by atomic mass is 10.1. The highest BCUT2D eigenvalue weighted by Crippen LogP contribution is 2.22. The molecule has 48 heavy (non-hydrogen) atoms. The number of nitro groups is 1. The molecule has 0 aliphatic carbocycles. The summed E-state index contributed by atoms with van der Waals surface area (Å²) in [4.78, 5) is 44.1. The maximum atomic E-state index is 13.2. The van der Waals surface area contributed by atoms with Crippen molar-refractivity contribution < 1.29 is 50.4 Å². The zero-order chi connectivity index (χ0) is 35.7. The highest BCUT2D eigenvalue weighted by Gasteiger charge is 2.39. The van der Waals surface area contributed by atoms with Gasteiger partial charge >= 0.3 is 18.2 Å². The van der Waals surface area contributed by atoms with Gasteiger partial charge in [-0.3, -0.25) is 19.7 Å². The molecule has 3 N–H and O–H groups in total. The molecule has 3 rings (SSSR count). The maximum absolute atomic E-state index is 13.2. The Labute approximate surface area is 274 Å². The van der Waals surface area contributed by atoms with Gasteiger partial charge in [0, 0.05) is 12.1 Å². The minimum absolute atomic E-state index is 0.390. The number of halogens is 3. The molecule has 3 aromatic carbocycles. The van der Waals surface area contributed by atoms with Crippen LogP contribution in [0.2, 0.25) is 0 Å². The highest BCUT2D eigenvalue weighted by molar-refractivity contribution is 7.89. The van der Waals surface area contributed by atoms with E-state index in [0.29, 0.717) is 6.08 Å². The maximum Gasteiger partial charge on any atom is 0.412 e. The second-order valence-corrected chi connectivity index (χ2v) is 11.4. The summed E-state index contributed by atoms with van der Waals surface area (Å²) in [6.07, 6.45) is -4.31. The van der Waals surface area contributed by atoms with E-state index in [1.54, 1.807) is 5.32 Å². The number of methoxy groups -OCH3 is 2. The predicted octanol–water partition coefficient (Wildman–Crippen LogP) is 4.04. The van der Waals surface area contributed by atoms with E-state index < -0.39 is 74.7 Å². The van der Waals surface area contributed by atoms with E-state index in [1.165, 1.54) is 11.1 Å². The van der Waals surface area contributed by atoms with Crippen molar-refractivity contribution in [1.29, 1.82) is 0 Å². The molecule has 2 atom stereocenters. The molecule has 0 aliphatic heterocycles. The van der Waals surface area contributed by atoms with Crippen LogP contribution < -0.4 is 15.4 Å². The van der Waals surface area contributed by atoms with Crippen molar-refractivity contribution in [3.63, 3.8) is 0 Å². The van der Waals surface area contributed by atoms with Crippen molar-refractivity contribution in [1.82, 2.24) is 15.4 Å². The number of hydrogen-bond donors (Lipinski definition) is 3. The van der Waals surface area contributed by atoms with E-state index in [2.05, 4.69) is 70.1 Å². The van der Waals surface area contributed by atoms with Crippen LogP contribution in [0.25, 0.3) is 0 Å². The Hall–Kier alpha value is -5.29. The van der Waals surface area contributed by atoms with Crippen LogP contribution in [0.3, 0.4) is 0 Å². The molecule has 0 saturated carbocycles. The number of amides is 2. The number of carbonyl (C=O) groups is 3. The van der Waals surface area contributed by atoms with Gasteiger partial charge in [-0.2, -0.15) is 17.9 Å². The number of benzene rings is 3. The van der Waals surface area contributed by atoms with Gasteiger partial charge < -0.3 is 20.1 Å². The second kappa shape index (κ2) is 18.8. The van der Waals surface area contributed by atoms with Crippen LogP contribution in [-0.4, -0.2) is 70.3 Å². The average Bonchev–Trinajstić information content (AvgIpc) is 3.06. The molecule has 0 aromatic heterocycles. The van der Waals surface area contributed by atoms with E-state index in [1.807, 2.05) is 10.0 Å². The molecule has 0 saturated heterocycles. The monoisotopic (exact) mass is 694 g/mol. The summed E-state index contributed by atoms with van der Waals surface area (Å²) < 4.78 is 75.4. The number of nitrogens with zero attached hydrogens (tertiary/aromatic N) is 1. The molecule has 0 radical (unpaired) electrons. The molecule has 2 amide bonds. The van der Waals surface area contributed by atoms with Crippen molar-refractivity contribution in [2.75, 3.05) is 20.8 Å². The Morgan fingerprint density at radius 3 is 1.90 bits per heavy atom. The van der Waals surface area contributed by atoms with Gasteiger partial charge in [-0.25, -0.2) is 13.2 Å². The Bertz CT molecular complexity index is 1600. The van der Waals surface area contributed by atoms with E-state index in [-0.39, 0.29) is 0 Å². The van der Waals surface area contributed by atoms with Gasteiger partial charge in [0.25, 0.3) is 5.69 Å². The Kier molecular flexibility index (Phi) is 15.2. The fraction of sp³-hybridized carbons (Fsp3) is 0.258. The van der Waals surface area contributed by atoms with Gasteiger partial charge in [0.05, 0.1) is 24.0 Å². The number of hydrogen-bond acceptors (Lipinski definition) is 9. The lowest BCUT2D eigenvalue weighted by molar-refractivity contribution is -0.384. The Morgan fingerprint density at radius 1 is 0.896 bits per heavy atom. The number of alkyl carbamates (subject to hydrolysis) is 1. The van der Waals surface area contributed by atoms with Crippen molar-refractivity contribution in [2.45, 2.75) is 36.0 Å². The summed E-state index contributed by atoms with van der Waals surface area (Å²) in [6.45, 7) is -0.813. The quantitative estimate of drug-likeness (QED) is 0.103. The second-order valence-electron chi connectivity index (χ2n) is 9.69. The summed E-state index contributed by atoms with van der Waals surface area (Å²) in [6, 6.07) is 20.5. The number of sulfonamides is 1. The summed E-state index contributed by atoms with van der Waals surface area (Å²) in [7, 11) is -2.51. The molecule has 0 aliphatic rings. The summed E-state index contributed by atoms with van der Waals surface area (Å²) in [5.41, 5.74) is 2.35. The zero-order valence-corrected chi connectivity index (χ0v) is 26.5. The summed E-state index contributed by atoms with van der Waals surface area (Å²) >= 11 is 0. The van der Waals surface area contributed by atoms with Gasteiger partial charge in [-0.05, 0) is 36.1 Å². The standard InChI is InChI=1S/C18H21F3N4O9S.C13H12/c1-33-16(27)13(24-35(31,32)12-8-6-11(7-9-12)25(29)30)4-3-5-14(18(19,20)21)23-15(26)10-22-17(28)34-2;1-3-7-12(8-4-1)11-13-9-5-2-6-10-13/h3,5-9,13-14,24H,4,10H2,1-2H3,(H,22,28)(H,23,26);1-10H,11H2/b5-3+;/t13?,14-;/m1./s1. The van der Waals surface area contributed by atoms with Crippen molar-refractivity contribution in [2.24, 2.45) is 0 Å². The number of carbonyl (C=O) groups excluding carboxylic acids is 3. The largest absolute Gasteiger partial charge is 0.468 e. The summed E-state index contributed by atoms with van der Waals surface area (Å²) in [5.74, 6) is -2.33. The first kappa shape index (κ1) is 38.9. The third-order valence-electron chi connectivity index (χ3n) is 6.18. The molecule has 0 heterocycles. The van der Waals surface area contributed by atoms with E-state index in [0.717, 1.165) is 51.0 Å². The molecule has 3 aromatic rings. The average molecular weight is 695 g/mol. The minimum Gasteiger partial charge on any atom is -0.468 e. The molecule has 1 unspecified atom stereocenters. The molecule has 13 nitrogen and oxygen atoms in total. The van der Waals surface area contributed by atoms with E-state index >= 15 is 0 Å². The molecule has 0 bridgehead atoms. The van der Waals surface area contributed by atoms with Gasteiger partial charge in [-0.15, -0.1) is 0 Å². The van der Waals surface area contributed by atoms with Crippen LogP contribution >= 0.6 is 0 Å². The molecule has 17 heteroatoms. The number of non-ortho nitro benzene ring substituents is 1. The minimum atomic E-state index is -4.96. The first-order chi connectivity index (χ1) is 22.7. The van der Waals surface area contributed by atoms with Crippen LogP contribution in [-0.2, 0) is 35.5 Å². The number of esters is 1. The van der Waals surface area contributed by atoms with E-state index in [4.69, 9.17) is 0 Å². The van der Waals surface area contributed by atoms with E-state index in [9.17, 15) is 46.1 Å². The molecule has 258 valence electrons. The predicted molar refractivity (Wildman–Crippen MR) is 167 cm³/mol. The van der Waals surface area contributed by atoms with Crippen LogP contribution in [0.1, 0.15) is 17.5 Å². The highest BCUT2D eigenvalue weighted by atomic mass is 32.2. The first-order valence-corrected chi connectivity index (χ1v) is 15.4. The topological polar surface area (TPSA) is 183 Å². The third-order valence-corrected chi connectivity index (χ3v) is 7.67. The van der Waals surface area contributed by atoms with Crippen LogP contribution in [0.5, 0.6) is 0 Å². The number of ether oxygens (including phenoxy) is 2. The fourth-order valence-corrected chi connectivity index (χ4v) is 5.00. The zero-order valence-electron chi connectivity index (χ0n) is 25.7. The molecule has 0 fully saturated rings. The summed E-state index contributed by atoms with van der Waals surface area (Å²) in [5, 5.41) is 14.2. The number of nitro benzene ring substituents is 1. The van der Waals surface area contributed by atoms with Crippen LogP contribution in [0, 0.1) is 10.1 Å². The third kappa shape index (κ3) is 13.6.